The van der Waals surface area contributed by atoms with Gasteiger partial charge in [0, 0.05) is 6.07 Å². The van der Waals surface area contributed by atoms with Gasteiger partial charge in [-0.2, -0.15) is 13.2 Å². The number of halogens is 4. The largest absolute Gasteiger partial charge is 0.476 e. The maximum absolute atomic E-state index is 12.3. The summed E-state index contributed by atoms with van der Waals surface area (Å²) in [5.74, 6) is -1.84. The number of carbonyl (C=O) groups is 1. The van der Waals surface area contributed by atoms with E-state index in [9.17, 15) is 28.1 Å². The molecule has 1 rings (SSSR count). The van der Waals surface area contributed by atoms with E-state index >= 15 is 0 Å². The third kappa shape index (κ3) is 2.61. The summed E-state index contributed by atoms with van der Waals surface area (Å²) in [7, 11) is 0. The minimum absolute atomic E-state index is 0.0405. The van der Waals surface area contributed by atoms with Gasteiger partial charge in [0.1, 0.15) is 5.15 Å². The lowest BCUT2D eigenvalue weighted by molar-refractivity contribution is -0.385. The molecule has 92 valence electrons. The number of nitrogens with zero attached hydrogens (tertiary/aromatic N) is 2. The molecule has 0 unspecified atom stereocenters. The Balaban J connectivity index is 3.57. The maximum atomic E-state index is 12.3. The molecular weight excluding hydrogens is 269 g/mol. The van der Waals surface area contributed by atoms with Gasteiger partial charge in [-0.15, -0.1) is 0 Å². The van der Waals surface area contributed by atoms with Crippen LogP contribution in [-0.4, -0.2) is 21.0 Å². The summed E-state index contributed by atoms with van der Waals surface area (Å²) in [6, 6.07) is 0.0405. The molecule has 1 heterocycles. The molecule has 0 aliphatic carbocycles. The predicted molar refractivity (Wildman–Crippen MR) is 47.9 cm³/mol. The van der Waals surface area contributed by atoms with E-state index < -0.39 is 39.2 Å². The van der Waals surface area contributed by atoms with Gasteiger partial charge in [0.15, 0.2) is 0 Å². The summed E-state index contributed by atoms with van der Waals surface area (Å²) in [6.45, 7) is 0. The molecule has 17 heavy (non-hydrogen) atoms. The quantitative estimate of drug-likeness (QED) is 0.506. The molecule has 0 aliphatic heterocycles. The van der Waals surface area contributed by atoms with E-state index in [1.54, 1.807) is 0 Å². The van der Waals surface area contributed by atoms with Crippen molar-refractivity contribution in [1.82, 2.24) is 4.98 Å². The van der Waals surface area contributed by atoms with E-state index in [1.165, 1.54) is 0 Å². The van der Waals surface area contributed by atoms with E-state index in [1.807, 2.05) is 0 Å². The number of hydrogen-bond acceptors (Lipinski definition) is 4. The van der Waals surface area contributed by atoms with Crippen LogP contribution in [-0.2, 0) is 6.18 Å². The third-order valence-electron chi connectivity index (χ3n) is 1.66. The Labute approximate surface area is 95.8 Å². The van der Waals surface area contributed by atoms with Gasteiger partial charge in [-0.1, -0.05) is 11.6 Å². The molecule has 6 nitrogen and oxygen atoms in total. The summed E-state index contributed by atoms with van der Waals surface area (Å²) in [6.07, 6.45) is -4.95. The molecular formula is C7H2ClF3N2O4. The van der Waals surface area contributed by atoms with E-state index in [4.69, 9.17) is 16.7 Å². The zero-order valence-corrected chi connectivity index (χ0v) is 8.41. The monoisotopic (exact) mass is 270 g/mol. The highest BCUT2D eigenvalue weighted by Crippen LogP contribution is 2.36. The van der Waals surface area contributed by atoms with Gasteiger partial charge in [0.2, 0.25) is 5.69 Å². The van der Waals surface area contributed by atoms with Gasteiger partial charge in [0.05, 0.1) is 10.5 Å². The summed E-state index contributed by atoms with van der Waals surface area (Å²) < 4.78 is 37.0. The highest BCUT2D eigenvalue weighted by Gasteiger charge is 2.38. The average Bonchev–Trinajstić information content (AvgIpc) is 2.14. The van der Waals surface area contributed by atoms with Gasteiger partial charge in [-0.05, 0) is 0 Å². The highest BCUT2D eigenvalue weighted by atomic mass is 35.5. The van der Waals surface area contributed by atoms with Gasteiger partial charge in [0.25, 0.3) is 0 Å². The fourth-order valence-corrected chi connectivity index (χ4v) is 1.22. The molecule has 10 heteroatoms. The molecule has 1 aromatic heterocycles. The lowest BCUT2D eigenvalue weighted by atomic mass is 10.2. The van der Waals surface area contributed by atoms with Crippen LogP contribution < -0.4 is 0 Å². The fraction of sp³-hybridized carbons (Fsp3) is 0.143. The molecule has 1 N–H and O–H groups in total. The van der Waals surface area contributed by atoms with E-state index in [0.29, 0.717) is 0 Å². The number of carboxylic acid groups (broad SMARTS) is 1. The Morgan fingerprint density at radius 2 is 2.06 bits per heavy atom. The molecule has 0 fully saturated rings. The second-order valence-corrected chi connectivity index (χ2v) is 3.11. The zero-order valence-electron chi connectivity index (χ0n) is 7.66. The number of rotatable bonds is 2. The first kappa shape index (κ1) is 13.2. The van der Waals surface area contributed by atoms with Gasteiger partial charge in [-0.3, -0.25) is 10.1 Å². The fourth-order valence-electron chi connectivity index (χ4n) is 0.976. The number of alkyl halides is 3. The highest BCUT2D eigenvalue weighted by molar-refractivity contribution is 6.30. The summed E-state index contributed by atoms with van der Waals surface area (Å²) >= 11 is 5.12. The molecule has 1 aromatic rings. The molecule has 0 saturated carbocycles. The Kier molecular flexibility index (Phi) is 3.23. The van der Waals surface area contributed by atoms with Crippen LogP contribution >= 0.6 is 11.6 Å². The Morgan fingerprint density at radius 3 is 2.41 bits per heavy atom. The van der Waals surface area contributed by atoms with Crippen LogP contribution in [0.15, 0.2) is 6.07 Å². The van der Waals surface area contributed by atoms with Crippen LogP contribution in [0.4, 0.5) is 18.9 Å². The summed E-state index contributed by atoms with van der Waals surface area (Å²) in [5.41, 5.74) is -3.97. The zero-order chi connectivity index (χ0) is 13.4. The summed E-state index contributed by atoms with van der Waals surface area (Å²) in [4.78, 5) is 22.5. The van der Waals surface area contributed by atoms with Crippen LogP contribution in [0.5, 0.6) is 0 Å². The SMILES string of the molecule is O=C(O)c1nc(Cl)c(C(F)(F)F)cc1[N+](=O)[O-]. The van der Waals surface area contributed by atoms with Gasteiger partial charge < -0.3 is 5.11 Å². The Morgan fingerprint density at radius 1 is 1.53 bits per heavy atom. The van der Waals surface area contributed by atoms with Crippen LogP contribution in [0.2, 0.25) is 5.15 Å². The number of hydrogen-bond donors (Lipinski definition) is 1. The number of aromatic carboxylic acids is 1. The first-order chi connectivity index (χ1) is 7.64. The van der Waals surface area contributed by atoms with Crippen LogP contribution in [0.25, 0.3) is 0 Å². The van der Waals surface area contributed by atoms with Crippen LogP contribution in [0, 0.1) is 10.1 Å². The summed E-state index contributed by atoms with van der Waals surface area (Å²) in [5, 5.41) is 17.8. The normalized spacial score (nSPS) is 11.3. The topological polar surface area (TPSA) is 93.3 Å². The third-order valence-corrected chi connectivity index (χ3v) is 1.95. The maximum Gasteiger partial charge on any atom is 0.419 e. The Hall–Kier alpha value is -1.90. The second-order valence-electron chi connectivity index (χ2n) is 2.75. The molecule has 0 radical (unpaired) electrons. The molecule has 0 saturated heterocycles. The second kappa shape index (κ2) is 4.17. The smallest absolute Gasteiger partial charge is 0.419 e. The molecule has 0 amide bonds. The first-order valence-electron chi connectivity index (χ1n) is 3.80. The van der Waals surface area contributed by atoms with Crippen LogP contribution in [0.1, 0.15) is 16.1 Å². The van der Waals surface area contributed by atoms with E-state index in [2.05, 4.69) is 4.98 Å². The van der Waals surface area contributed by atoms with Crippen molar-refractivity contribution in [3.63, 3.8) is 0 Å². The van der Waals surface area contributed by atoms with Crippen molar-refractivity contribution in [2.75, 3.05) is 0 Å². The average molecular weight is 271 g/mol. The van der Waals surface area contributed by atoms with Crippen molar-refractivity contribution in [1.29, 1.82) is 0 Å². The lowest BCUT2D eigenvalue weighted by Crippen LogP contribution is -2.12. The molecule has 0 aromatic carbocycles. The molecule has 0 atom stereocenters. The molecule has 0 aliphatic rings. The minimum atomic E-state index is -4.95. The van der Waals surface area contributed by atoms with Crippen molar-refractivity contribution in [3.8, 4) is 0 Å². The molecule has 0 spiro atoms. The van der Waals surface area contributed by atoms with Gasteiger partial charge >= 0.3 is 17.8 Å². The van der Waals surface area contributed by atoms with Crippen molar-refractivity contribution < 1.29 is 28.0 Å². The first-order valence-corrected chi connectivity index (χ1v) is 4.17. The predicted octanol–water partition coefficient (Wildman–Crippen LogP) is 2.36. The number of carboxylic acids is 1. The standard InChI is InChI=1S/C7H2ClF3N2O4/c8-5-2(7(9,10)11)1-3(13(16)17)4(12-5)6(14)15/h1H,(H,14,15). The number of aromatic nitrogens is 1. The number of pyridine rings is 1. The van der Waals surface area contributed by atoms with Crippen LogP contribution in [0.3, 0.4) is 0 Å². The van der Waals surface area contributed by atoms with Crippen molar-refractivity contribution >= 4 is 23.3 Å². The lowest BCUT2D eigenvalue weighted by Gasteiger charge is -2.08. The molecule has 0 bridgehead atoms. The van der Waals surface area contributed by atoms with E-state index in [-0.39, 0.29) is 6.07 Å². The van der Waals surface area contributed by atoms with E-state index in [0.717, 1.165) is 0 Å². The Bertz CT molecular complexity index is 503. The van der Waals surface area contributed by atoms with Crippen molar-refractivity contribution in [2.24, 2.45) is 0 Å². The van der Waals surface area contributed by atoms with Gasteiger partial charge in [-0.25, -0.2) is 9.78 Å². The number of nitro groups is 1. The van der Waals surface area contributed by atoms with Crippen molar-refractivity contribution in [2.45, 2.75) is 6.18 Å². The minimum Gasteiger partial charge on any atom is -0.476 e. The van der Waals surface area contributed by atoms with Crippen molar-refractivity contribution in [3.05, 3.63) is 32.6 Å².